The summed E-state index contributed by atoms with van der Waals surface area (Å²) in [5.41, 5.74) is 7.86. The van der Waals surface area contributed by atoms with Crippen LogP contribution in [0.15, 0.2) is 0 Å². The lowest BCUT2D eigenvalue weighted by atomic mass is 10.2. The fraction of sp³-hybridized carbons (Fsp3) is 0.692. The molecule has 20 heavy (non-hydrogen) atoms. The molecular weight excluding hydrogens is 294 g/mol. The molecule has 0 amide bonds. The summed E-state index contributed by atoms with van der Waals surface area (Å²) in [4.78, 5) is 5.31. The van der Waals surface area contributed by atoms with Gasteiger partial charge in [-0.3, -0.25) is 14.5 Å². The van der Waals surface area contributed by atoms with Crippen LogP contribution in [0.5, 0.6) is 0 Å². The van der Waals surface area contributed by atoms with E-state index in [0.717, 1.165) is 49.1 Å². The average molecular weight is 316 g/mol. The van der Waals surface area contributed by atoms with Crippen LogP contribution < -0.4 is 5.73 Å². The van der Waals surface area contributed by atoms with Crippen molar-refractivity contribution in [3.8, 4) is 0 Å². The molecule has 2 N–H and O–H groups in total. The van der Waals surface area contributed by atoms with E-state index in [4.69, 9.17) is 29.6 Å². The zero-order valence-electron chi connectivity index (χ0n) is 12.3. The lowest BCUT2D eigenvalue weighted by molar-refractivity contribution is 0.118. The maximum atomic E-state index is 6.28. The Morgan fingerprint density at radius 3 is 2.45 bits per heavy atom. The lowest BCUT2D eigenvalue weighted by Crippen LogP contribution is -2.52. The highest BCUT2D eigenvalue weighted by Gasteiger charge is 2.24. The van der Waals surface area contributed by atoms with E-state index in [9.17, 15) is 0 Å². The number of halogens is 1. The van der Waals surface area contributed by atoms with E-state index in [0.29, 0.717) is 4.99 Å². The SMILES string of the molecule is Cc1nn(C)c(Cl)c1CN1CCN(C(C)C(N)=S)CC1. The summed E-state index contributed by atoms with van der Waals surface area (Å²) in [6, 6.07) is 0.177. The molecule has 1 aromatic rings. The highest BCUT2D eigenvalue weighted by atomic mass is 35.5. The highest BCUT2D eigenvalue weighted by molar-refractivity contribution is 7.80. The summed E-state index contributed by atoms with van der Waals surface area (Å²) in [6.45, 7) is 8.89. The molecule has 0 saturated carbocycles. The maximum absolute atomic E-state index is 6.28. The van der Waals surface area contributed by atoms with Gasteiger partial charge in [-0.05, 0) is 13.8 Å². The number of nitrogens with zero attached hydrogens (tertiary/aromatic N) is 4. The van der Waals surface area contributed by atoms with Gasteiger partial charge in [0.25, 0.3) is 0 Å². The topological polar surface area (TPSA) is 50.3 Å². The molecule has 0 bridgehead atoms. The smallest absolute Gasteiger partial charge is 0.131 e. The number of piperazine rings is 1. The molecule has 0 radical (unpaired) electrons. The molecule has 7 heteroatoms. The second kappa shape index (κ2) is 6.39. The second-order valence-corrected chi connectivity index (χ2v) is 6.20. The molecule has 0 spiro atoms. The number of aromatic nitrogens is 2. The van der Waals surface area contributed by atoms with Crippen molar-refractivity contribution in [1.82, 2.24) is 19.6 Å². The molecule has 1 saturated heterocycles. The molecule has 1 unspecified atom stereocenters. The predicted octanol–water partition coefficient (Wildman–Crippen LogP) is 1.17. The van der Waals surface area contributed by atoms with Gasteiger partial charge in [0.1, 0.15) is 5.15 Å². The van der Waals surface area contributed by atoms with Crippen LogP contribution in [0.4, 0.5) is 0 Å². The first-order chi connectivity index (χ1) is 9.40. The van der Waals surface area contributed by atoms with E-state index in [1.165, 1.54) is 0 Å². The fourth-order valence-electron chi connectivity index (χ4n) is 2.57. The molecule has 1 aromatic heterocycles. The van der Waals surface area contributed by atoms with Gasteiger partial charge in [0, 0.05) is 45.3 Å². The Morgan fingerprint density at radius 1 is 1.40 bits per heavy atom. The molecule has 1 fully saturated rings. The van der Waals surface area contributed by atoms with Gasteiger partial charge in [0.2, 0.25) is 0 Å². The fourth-order valence-corrected chi connectivity index (χ4v) is 2.95. The molecule has 1 aliphatic rings. The van der Waals surface area contributed by atoms with Gasteiger partial charge >= 0.3 is 0 Å². The van der Waals surface area contributed by atoms with Gasteiger partial charge in [0.05, 0.1) is 16.7 Å². The van der Waals surface area contributed by atoms with Crippen LogP contribution in [0.25, 0.3) is 0 Å². The molecule has 2 rings (SSSR count). The van der Waals surface area contributed by atoms with Crippen LogP contribution in [-0.2, 0) is 13.6 Å². The summed E-state index contributed by atoms with van der Waals surface area (Å²) in [6.07, 6.45) is 0. The average Bonchev–Trinajstić information content (AvgIpc) is 2.65. The van der Waals surface area contributed by atoms with Crippen LogP contribution in [0.1, 0.15) is 18.2 Å². The molecule has 0 aromatic carbocycles. The van der Waals surface area contributed by atoms with E-state index in [-0.39, 0.29) is 6.04 Å². The van der Waals surface area contributed by atoms with Crippen LogP contribution in [0.2, 0.25) is 5.15 Å². The van der Waals surface area contributed by atoms with Gasteiger partial charge in [-0.15, -0.1) is 0 Å². The largest absolute Gasteiger partial charge is 0.392 e. The Bertz CT molecular complexity index is 493. The standard InChI is InChI=1S/C13H22ClN5S/c1-9-11(12(14)17(3)16-9)8-18-4-6-19(7-5-18)10(2)13(15)20/h10H,4-8H2,1-3H3,(H2,15,20). The second-order valence-electron chi connectivity index (χ2n) is 5.37. The minimum absolute atomic E-state index is 0.177. The molecule has 1 atom stereocenters. The predicted molar refractivity (Wildman–Crippen MR) is 86.1 cm³/mol. The van der Waals surface area contributed by atoms with Crippen molar-refractivity contribution < 1.29 is 0 Å². The summed E-state index contributed by atoms with van der Waals surface area (Å²) in [5.74, 6) is 0. The first-order valence-electron chi connectivity index (χ1n) is 6.84. The van der Waals surface area contributed by atoms with E-state index in [1.807, 2.05) is 14.0 Å². The van der Waals surface area contributed by atoms with E-state index < -0.39 is 0 Å². The minimum atomic E-state index is 0.177. The zero-order chi connectivity index (χ0) is 14.9. The van der Waals surface area contributed by atoms with E-state index >= 15 is 0 Å². The van der Waals surface area contributed by atoms with Crippen LogP contribution in [0, 0.1) is 6.92 Å². The molecular formula is C13H22ClN5S. The monoisotopic (exact) mass is 315 g/mol. The Morgan fingerprint density at radius 2 is 2.00 bits per heavy atom. The van der Waals surface area contributed by atoms with Crippen molar-refractivity contribution in [3.05, 3.63) is 16.4 Å². The summed E-state index contributed by atoms with van der Waals surface area (Å²) < 4.78 is 1.73. The third-order valence-corrected chi connectivity index (χ3v) is 4.83. The number of nitrogens with two attached hydrogens (primary N) is 1. The lowest BCUT2D eigenvalue weighted by Gasteiger charge is -2.37. The van der Waals surface area contributed by atoms with Crippen molar-refractivity contribution in [3.63, 3.8) is 0 Å². The molecule has 0 aliphatic carbocycles. The Kier molecular flexibility index (Phi) is 5.01. The van der Waals surface area contributed by atoms with Gasteiger partial charge in [-0.25, -0.2) is 0 Å². The number of hydrogen-bond acceptors (Lipinski definition) is 4. The van der Waals surface area contributed by atoms with Gasteiger partial charge in [-0.1, -0.05) is 23.8 Å². The van der Waals surface area contributed by atoms with Crippen LogP contribution >= 0.6 is 23.8 Å². The van der Waals surface area contributed by atoms with Crippen molar-refractivity contribution in [2.24, 2.45) is 12.8 Å². The normalized spacial score (nSPS) is 19.2. The Balaban J connectivity index is 1.93. The highest BCUT2D eigenvalue weighted by Crippen LogP contribution is 2.21. The first kappa shape index (κ1) is 15.7. The van der Waals surface area contributed by atoms with Crippen LogP contribution in [0.3, 0.4) is 0 Å². The van der Waals surface area contributed by atoms with Gasteiger partial charge in [0.15, 0.2) is 0 Å². The molecule has 1 aliphatic heterocycles. The van der Waals surface area contributed by atoms with Crippen molar-refractivity contribution in [2.75, 3.05) is 26.2 Å². The van der Waals surface area contributed by atoms with Crippen LogP contribution in [-0.4, -0.2) is 56.8 Å². The Labute approximate surface area is 130 Å². The maximum Gasteiger partial charge on any atom is 0.131 e. The Hall–Kier alpha value is -0.690. The summed E-state index contributed by atoms with van der Waals surface area (Å²) in [5, 5.41) is 5.09. The number of thiocarbonyl (C=S) groups is 1. The van der Waals surface area contributed by atoms with Gasteiger partial charge in [-0.2, -0.15) is 5.10 Å². The quantitative estimate of drug-likeness (QED) is 0.845. The molecule has 5 nitrogen and oxygen atoms in total. The number of rotatable bonds is 4. The van der Waals surface area contributed by atoms with Crippen molar-refractivity contribution >= 4 is 28.8 Å². The molecule has 112 valence electrons. The minimum Gasteiger partial charge on any atom is -0.392 e. The number of hydrogen-bond donors (Lipinski definition) is 1. The third kappa shape index (κ3) is 3.31. The van der Waals surface area contributed by atoms with Crippen molar-refractivity contribution in [2.45, 2.75) is 26.4 Å². The summed E-state index contributed by atoms with van der Waals surface area (Å²) in [7, 11) is 1.88. The van der Waals surface area contributed by atoms with E-state index in [1.54, 1.807) is 4.68 Å². The number of aryl methyl sites for hydroxylation is 2. The zero-order valence-corrected chi connectivity index (χ0v) is 13.8. The first-order valence-corrected chi connectivity index (χ1v) is 7.62. The third-order valence-electron chi connectivity index (χ3n) is 4.02. The van der Waals surface area contributed by atoms with Gasteiger partial charge < -0.3 is 5.73 Å². The molecule has 2 heterocycles. The summed E-state index contributed by atoms with van der Waals surface area (Å²) >= 11 is 11.3. The van der Waals surface area contributed by atoms with E-state index in [2.05, 4.69) is 21.8 Å². The van der Waals surface area contributed by atoms with Crippen molar-refractivity contribution in [1.29, 1.82) is 0 Å².